The molecule has 1 amide bonds. The lowest BCUT2D eigenvalue weighted by Gasteiger charge is -2.22. The minimum atomic E-state index is -0.568. The number of hydrogen-bond donors (Lipinski definition) is 0. The number of likely N-dealkylation sites (N-methyl/N-ethyl adjacent to an activating group) is 1. The predicted molar refractivity (Wildman–Crippen MR) is 81.4 cm³/mol. The molecule has 0 aromatic heterocycles. The standard InChI is InChI=1S/C16H16ClNO2/c1-12(20-15-10-8-13(17)9-11-15)16(19)18(2)14-6-4-3-5-7-14/h3-12H,1-2H3/t12-/m1/s1. The number of benzene rings is 2. The van der Waals surface area contributed by atoms with Crippen molar-refractivity contribution in [1.29, 1.82) is 0 Å². The molecule has 1 atom stereocenters. The summed E-state index contributed by atoms with van der Waals surface area (Å²) in [6.45, 7) is 1.73. The zero-order chi connectivity index (χ0) is 14.5. The number of ether oxygens (including phenoxy) is 1. The number of halogens is 1. The van der Waals surface area contributed by atoms with Gasteiger partial charge >= 0.3 is 0 Å². The molecule has 2 aromatic carbocycles. The van der Waals surface area contributed by atoms with Gasteiger partial charge < -0.3 is 9.64 Å². The quantitative estimate of drug-likeness (QED) is 0.857. The van der Waals surface area contributed by atoms with Crippen LogP contribution in [0.25, 0.3) is 0 Å². The van der Waals surface area contributed by atoms with Gasteiger partial charge in [-0.1, -0.05) is 29.8 Å². The van der Waals surface area contributed by atoms with Crippen molar-refractivity contribution in [3.05, 3.63) is 59.6 Å². The molecule has 0 spiro atoms. The molecule has 0 radical (unpaired) electrons. The maximum atomic E-state index is 12.3. The number of para-hydroxylation sites is 1. The molecule has 0 aliphatic heterocycles. The van der Waals surface area contributed by atoms with Gasteiger partial charge in [0.15, 0.2) is 6.10 Å². The number of hydrogen-bond acceptors (Lipinski definition) is 2. The minimum Gasteiger partial charge on any atom is -0.481 e. The highest BCUT2D eigenvalue weighted by Gasteiger charge is 2.20. The van der Waals surface area contributed by atoms with Crippen molar-refractivity contribution in [2.45, 2.75) is 13.0 Å². The van der Waals surface area contributed by atoms with E-state index in [1.807, 2.05) is 30.3 Å². The Morgan fingerprint density at radius 1 is 1.10 bits per heavy atom. The van der Waals surface area contributed by atoms with Crippen molar-refractivity contribution in [3.8, 4) is 5.75 Å². The van der Waals surface area contributed by atoms with Gasteiger partial charge in [0.05, 0.1) is 0 Å². The Hall–Kier alpha value is -2.00. The largest absolute Gasteiger partial charge is 0.481 e. The predicted octanol–water partition coefficient (Wildman–Crippen LogP) is 3.77. The number of carbonyl (C=O) groups is 1. The smallest absolute Gasteiger partial charge is 0.267 e. The van der Waals surface area contributed by atoms with Crippen LogP contribution in [0.5, 0.6) is 5.75 Å². The molecule has 2 rings (SSSR count). The lowest BCUT2D eigenvalue weighted by Crippen LogP contribution is -2.37. The highest BCUT2D eigenvalue weighted by atomic mass is 35.5. The Morgan fingerprint density at radius 3 is 2.30 bits per heavy atom. The lowest BCUT2D eigenvalue weighted by molar-refractivity contribution is -0.124. The third kappa shape index (κ3) is 3.52. The number of nitrogens with zero attached hydrogens (tertiary/aromatic N) is 1. The monoisotopic (exact) mass is 289 g/mol. The molecule has 20 heavy (non-hydrogen) atoms. The molecule has 3 nitrogen and oxygen atoms in total. The van der Waals surface area contributed by atoms with Crippen LogP contribution >= 0.6 is 11.6 Å². The van der Waals surface area contributed by atoms with Crippen molar-refractivity contribution >= 4 is 23.2 Å². The van der Waals surface area contributed by atoms with E-state index in [-0.39, 0.29) is 5.91 Å². The van der Waals surface area contributed by atoms with Gasteiger partial charge in [-0.2, -0.15) is 0 Å². The van der Waals surface area contributed by atoms with E-state index in [9.17, 15) is 4.79 Å². The highest BCUT2D eigenvalue weighted by molar-refractivity contribution is 6.30. The maximum Gasteiger partial charge on any atom is 0.267 e. The van der Waals surface area contributed by atoms with Crippen LogP contribution in [0.15, 0.2) is 54.6 Å². The molecule has 0 saturated heterocycles. The first-order chi connectivity index (χ1) is 9.58. The zero-order valence-electron chi connectivity index (χ0n) is 11.4. The zero-order valence-corrected chi connectivity index (χ0v) is 12.2. The maximum absolute atomic E-state index is 12.3. The van der Waals surface area contributed by atoms with Crippen molar-refractivity contribution < 1.29 is 9.53 Å². The van der Waals surface area contributed by atoms with Crippen LogP contribution in [-0.4, -0.2) is 19.1 Å². The SMILES string of the molecule is C[C@@H](Oc1ccc(Cl)cc1)C(=O)N(C)c1ccccc1. The number of amides is 1. The van der Waals surface area contributed by atoms with Gasteiger partial charge in [0.25, 0.3) is 5.91 Å². The molecule has 0 N–H and O–H groups in total. The van der Waals surface area contributed by atoms with Gasteiger partial charge in [0, 0.05) is 17.8 Å². The Kier molecular flexibility index (Phi) is 4.64. The summed E-state index contributed by atoms with van der Waals surface area (Å²) in [7, 11) is 1.74. The summed E-state index contributed by atoms with van der Waals surface area (Å²) in [5, 5.41) is 0.637. The molecule has 0 heterocycles. The van der Waals surface area contributed by atoms with E-state index in [0.29, 0.717) is 10.8 Å². The summed E-state index contributed by atoms with van der Waals surface area (Å²) in [6, 6.07) is 16.4. The van der Waals surface area contributed by atoms with Crippen LogP contribution in [0.2, 0.25) is 5.02 Å². The van der Waals surface area contributed by atoms with E-state index in [2.05, 4.69) is 0 Å². The molecular formula is C16H16ClNO2. The summed E-state index contributed by atoms with van der Waals surface area (Å²) in [4.78, 5) is 13.9. The fourth-order valence-corrected chi connectivity index (χ4v) is 1.95. The Balaban J connectivity index is 2.03. The molecule has 0 bridgehead atoms. The summed E-state index contributed by atoms with van der Waals surface area (Å²) in [6.07, 6.45) is -0.568. The average molecular weight is 290 g/mol. The average Bonchev–Trinajstić information content (AvgIpc) is 2.49. The van der Waals surface area contributed by atoms with Crippen molar-refractivity contribution in [2.75, 3.05) is 11.9 Å². The van der Waals surface area contributed by atoms with E-state index in [4.69, 9.17) is 16.3 Å². The first-order valence-corrected chi connectivity index (χ1v) is 6.70. The molecule has 0 unspecified atom stereocenters. The fourth-order valence-electron chi connectivity index (χ4n) is 1.82. The molecule has 0 fully saturated rings. The normalized spacial score (nSPS) is 11.8. The van der Waals surface area contributed by atoms with Crippen LogP contribution < -0.4 is 9.64 Å². The fraction of sp³-hybridized carbons (Fsp3) is 0.188. The van der Waals surface area contributed by atoms with Gasteiger partial charge in [0.1, 0.15) is 5.75 Å². The van der Waals surface area contributed by atoms with Gasteiger partial charge in [-0.25, -0.2) is 0 Å². The van der Waals surface area contributed by atoms with E-state index in [1.54, 1.807) is 43.1 Å². The van der Waals surface area contributed by atoms with Crippen LogP contribution in [0.3, 0.4) is 0 Å². The third-order valence-electron chi connectivity index (χ3n) is 2.95. The first-order valence-electron chi connectivity index (χ1n) is 6.33. The van der Waals surface area contributed by atoms with Gasteiger partial charge in [0.2, 0.25) is 0 Å². The van der Waals surface area contributed by atoms with Crippen molar-refractivity contribution in [1.82, 2.24) is 0 Å². The van der Waals surface area contributed by atoms with Crippen molar-refractivity contribution in [2.24, 2.45) is 0 Å². The molecule has 2 aromatic rings. The van der Waals surface area contributed by atoms with Crippen LogP contribution in [0, 0.1) is 0 Å². The minimum absolute atomic E-state index is 0.105. The summed E-state index contributed by atoms with van der Waals surface area (Å²) in [5.74, 6) is 0.517. The number of anilines is 1. The summed E-state index contributed by atoms with van der Waals surface area (Å²) in [5.41, 5.74) is 0.837. The molecular weight excluding hydrogens is 274 g/mol. The second-order valence-electron chi connectivity index (χ2n) is 4.45. The van der Waals surface area contributed by atoms with Crippen LogP contribution in [0.1, 0.15) is 6.92 Å². The van der Waals surface area contributed by atoms with Gasteiger partial charge in [-0.05, 0) is 43.3 Å². The van der Waals surface area contributed by atoms with E-state index >= 15 is 0 Å². The topological polar surface area (TPSA) is 29.5 Å². The lowest BCUT2D eigenvalue weighted by atomic mass is 10.2. The highest BCUT2D eigenvalue weighted by Crippen LogP contribution is 2.18. The van der Waals surface area contributed by atoms with Crippen molar-refractivity contribution in [3.63, 3.8) is 0 Å². The molecule has 4 heteroatoms. The Labute approximate surface area is 123 Å². The van der Waals surface area contributed by atoms with Crippen LogP contribution in [-0.2, 0) is 4.79 Å². The Bertz CT molecular complexity index is 569. The van der Waals surface area contributed by atoms with E-state index < -0.39 is 6.10 Å². The van der Waals surface area contributed by atoms with Gasteiger partial charge in [-0.3, -0.25) is 4.79 Å². The third-order valence-corrected chi connectivity index (χ3v) is 3.20. The molecule has 104 valence electrons. The molecule has 0 aliphatic carbocycles. The summed E-state index contributed by atoms with van der Waals surface area (Å²) < 4.78 is 5.62. The van der Waals surface area contributed by atoms with Gasteiger partial charge in [-0.15, -0.1) is 0 Å². The van der Waals surface area contributed by atoms with E-state index in [1.165, 1.54) is 0 Å². The number of rotatable bonds is 4. The molecule has 0 aliphatic rings. The first kappa shape index (κ1) is 14.4. The van der Waals surface area contributed by atoms with E-state index in [0.717, 1.165) is 5.69 Å². The summed E-state index contributed by atoms with van der Waals surface area (Å²) >= 11 is 5.81. The molecule has 0 saturated carbocycles. The van der Waals surface area contributed by atoms with Crippen LogP contribution in [0.4, 0.5) is 5.69 Å². The second kappa shape index (κ2) is 6.44. The second-order valence-corrected chi connectivity index (χ2v) is 4.88. The number of carbonyl (C=O) groups excluding carboxylic acids is 1. The Morgan fingerprint density at radius 2 is 1.70 bits per heavy atom.